The zero-order chi connectivity index (χ0) is 18.6. The molecule has 0 bridgehead atoms. The summed E-state index contributed by atoms with van der Waals surface area (Å²) in [5.74, 6) is -0.386. The van der Waals surface area contributed by atoms with Gasteiger partial charge in [-0.3, -0.25) is 15.0 Å². The van der Waals surface area contributed by atoms with Crippen LogP contribution >= 0.6 is 11.6 Å². The molecule has 132 valence electrons. The highest BCUT2D eigenvalue weighted by Crippen LogP contribution is 2.23. The van der Waals surface area contributed by atoms with Gasteiger partial charge in [0.05, 0.1) is 28.8 Å². The monoisotopic (exact) mass is 360 g/mol. The second-order valence-electron chi connectivity index (χ2n) is 6.43. The Morgan fingerprint density at radius 2 is 1.56 bits per heavy atom. The molecule has 0 aliphatic rings. The first-order chi connectivity index (χ1) is 11.8. The number of carbonyl (C=O) groups is 2. The molecule has 1 N–H and O–H groups in total. The summed E-state index contributed by atoms with van der Waals surface area (Å²) in [6.45, 7) is 5.48. The molecule has 2 aromatic carbocycles. The predicted molar refractivity (Wildman–Crippen MR) is 97.8 cm³/mol. The van der Waals surface area contributed by atoms with E-state index in [2.05, 4.69) is 5.43 Å². The van der Waals surface area contributed by atoms with Crippen molar-refractivity contribution in [3.05, 3.63) is 64.7 Å². The molecule has 0 spiro atoms. The Kier molecular flexibility index (Phi) is 5.69. The van der Waals surface area contributed by atoms with Gasteiger partial charge in [0.25, 0.3) is 11.8 Å². The topological polar surface area (TPSA) is 58.6 Å². The molecule has 0 atom stereocenters. The van der Waals surface area contributed by atoms with Crippen LogP contribution in [-0.2, 0) is 0 Å². The van der Waals surface area contributed by atoms with Crippen molar-refractivity contribution in [2.75, 3.05) is 7.11 Å². The van der Waals surface area contributed by atoms with Crippen LogP contribution in [0.25, 0.3) is 0 Å². The van der Waals surface area contributed by atoms with Gasteiger partial charge in [-0.25, -0.2) is 5.01 Å². The smallest absolute Gasteiger partial charge is 0.276 e. The average Bonchev–Trinajstić information content (AvgIpc) is 2.58. The van der Waals surface area contributed by atoms with Gasteiger partial charge >= 0.3 is 0 Å². The van der Waals surface area contributed by atoms with Crippen LogP contribution in [-0.4, -0.2) is 29.5 Å². The number of benzene rings is 2. The standard InChI is InChI=1S/C19H21ClN2O3/c1-19(2,3)22(18(24)14-10-6-8-12-16(14)25-4)21-17(23)13-9-5-7-11-15(13)20/h5-12H,1-4H3,(H,21,23). The number of methoxy groups -OCH3 is 1. The first-order valence-electron chi connectivity index (χ1n) is 7.79. The number of nitrogens with zero attached hydrogens (tertiary/aromatic N) is 1. The van der Waals surface area contributed by atoms with Crippen molar-refractivity contribution in [1.82, 2.24) is 10.4 Å². The Morgan fingerprint density at radius 3 is 2.12 bits per heavy atom. The van der Waals surface area contributed by atoms with E-state index in [-0.39, 0.29) is 5.91 Å². The van der Waals surface area contributed by atoms with Crippen molar-refractivity contribution in [1.29, 1.82) is 0 Å². The Hall–Kier alpha value is -2.53. The minimum Gasteiger partial charge on any atom is -0.496 e. The SMILES string of the molecule is COc1ccccc1C(=O)N(NC(=O)c1ccccc1Cl)C(C)(C)C. The largest absolute Gasteiger partial charge is 0.496 e. The van der Waals surface area contributed by atoms with Gasteiger partial charge in [-0.1, -0.05) is 35.9 Å². The highest BCUT2D eigenvalue weighted by atomic mass is 35.5. The third kappa shape index (κ3) is 4.31. The van der Waals surface area contributed by atoms with E-state index in [0.29, 0.717) is 21.9 Å². The van der Waals surface area contributed by atoms with Crippen LogP contribution in [0, 0.1) is 0 Å². The zero-order valence-corrected chi connectivity index (χ0v) is 15.4. The van der Waals surface area contributed by atoms with E-state index in [1.807, 2.05) is 20.8 Å². The molecule has 25 heavy (non-hydrogen) atoms. The van der Waals surface area contributed by atoms with Gasteiger partial charge in [0.2, 0.25) is 0 Å². The summed E-state index contributed by atoms with van der Waals surface area (Å²) in [6, 6.07) is 13.5. The van der Waals surface area contributed by atoms with Gasteiger partial charge in [-0.2, -0.15) is 0 Å². The van der Waals surface area contributed by atoms with Gasteiger partial charge < -0.3 is 4.74 Å². The summed E-state index contributed by atoms with van der Waals surface area (Å²) in [5, 5.41) is 1.61. The quantitative estimate of drug-likeness (QED) is 0.843. The number of para-hydroxylation sites is 1. The molecule has 6 heteroatoms. The third-order valence-electron chi connectivity index (χ3n) is 3.54. The maximum atomic E-state index is 13.0. The average molecular weight is 361 g/mol. The maximum absolute atomic E-state index is 13.0. The summed E-state index contributed by atoms with van der Waals surface area (Å²) in [7, 11) is 1.50. The fraction of sp³-hybridized carbons (Fsp3) is 0.263. The van der Waals surface area contributed by atoms with Crippen LogP contribution in [0.4, 0.5) is 0 Å². The van der Waals surface area contributed by atoms with E-state index in [1.165, 1.54) is 12.1 Å². The third-order valence-corrected chi connectivity index (χ3v) is 3.87. The van der Waals surface area contributed by atoms with E-state index in [9.17, 15) is 9.59 Å². The highest BCUT2D eigenvalue weighted by Gasteiger charge is 2.31. The molecule has 0 radical (unpaired) electrons. The number of nitrogens with one attached hydrogen (secondary N) is 1. The van der Waals surface area contributed by atoms with E-state index in [1.54, 1.807) is 48.5 Å². The molecular weight excluding hydrogens is 340 g/mol. The zero-order valence-electron chi connectivity index (χ0n) is 14.7. The van der Waals surface area contributed by atoms with E-state index in [0.717, 1.165) is 0 Å². The fourth-order valence-electron chi connectivity index (χ4n) is 2.27. The first kappa shape index (κ1) is 18.8. The lowest BCUT2D eigenvalue weighted by Crippen LogP contribution is -2.56. The molecular formula is C19H21ClN2O3. The van der Waals surface area contributed by atoms with E-state index < -0.39 is 11.4 Å². The molecule has 0 unspecified atom stereocenters. The number of ether oxygens (including phenoxy) is 1. The second kappa shape index (κ2) is 7.57. The highest BCUT2D eigenvalue weighted by molar-refractivity contribution is 6.33. The molecule has 2 aromatic rings. The maximum Gasteiger partial charge on any atom is 0.276 e. The van der Waals surface area contributed by atoms with E-state index in [4.69, 9.17) is 16.3 Å². The number of halogens is 1. The first-order valence-corrected chi connectivity index (χ1v) is 8.16. The van der Waals surface area contributed by atoms with Crippen molar-refractivity contribution >= 4 is 23.4 Å². The van der Waals surface area contributed by atoms with Crippen molar-refractivity contribution in [3.8, 4) is 5.75 Å². The van der Waals surface area contributed by atoms with Gasteiger partial charge in [0.1, 0.15) is 5.75 Å². The molecule has 2 rings (SSSR count). The predicted octanol–water partition coefficient (Wildman–Crippen LogP) is 3.93. The molecule has 0 fully saturated rings. The summed E-state index contributed by atoms with van der Waals surface area (Å²) < 4.78 is 5.26. The van der Waals surface area contributed by atoms with Crippen molar-refractivity contribution in [3.63, 3.8) is 0 Å². The normalized spacial score (nSPS) is 10.9. The molecule has 0 saturated carbocycles. The number of hydrogen-bond acceptors (Lipinski definition) is 3. The number of hydrogen-bond donors (Lipinski definition) is 1. The van der Waals surface area contributed by atoms with Crippen LogP contribution in [0.1, 0.15) is 41.5 Å². The van der Waals surface area contributed by atoms with Crippen LogP contribution in [0.3, 0.4) is 0 Å². The summed E-state index contributed by atoms with van der Waals surface area (Å²) in [4.78, 5) is 25.6. The molecule has 0 heterocycles. The number of amides is 2. The summed E-state index contributed by atoms with van der Waals surface area (Å²) in [6.07, 6.45) is 0. The molecule has 0 saturated heterocycles. The molecule has 2 amide bonds. The van der Waals surface area contributed by atoms with Crippen LogP contribution in [0.5, 0.6) is 5.75 Å². The molecule has 0 aromatic heterocycles. The lowest BCUT2D eigenvalue weighted by Gasteiger charge is -2.35. The van der Waals surface area contributed by atoms with Crippen molar-refractivity contribution in [2.24, 2.45) is 0 Å². The lowest BCUT2D eigenvalue weighted by molar-refractivity contribution is 0.0356. The van der Waals surface area contributed by atoms with Crippen LogP contribution in [0.15, 0.2) is 48.5 Å². The second-order valence-corrected chi connectivity index (χ2v) is 6.84. The van der Waals surface area contributed by atoms with Gasteiger partial charge in [0.15, 0.2) is 0 Å². The number of carbonyl (C=O) groups excluding carboxylic acids is 2. The minimum absolute atomic E-state index is 0.297. The Bertz CT molecular complexity index is 784. The van der Waals surface area contributed by atoms with Crippen molar-refractivity contribution in [2.45, 2.75) is 26.3 Å². The fourth-order valence-corrected chi connectivity index (χ4v) is 2.49. The number of hydrazine groups is 1. The van der Waals surface area contributed by atoms with Gasteiger partial charge in [-0.15, -0.1) is 0 Å². The van der Waals surface area contributed by atoms with Crippen LogP contribution in [0.2, 0.25) is 5.02 Å². The summed E-state index contributed by atoms with van der Waals surface area (Å²) in [5.41, 5.74) is 2.67. The number of rotatable bonds is 3. The Morgan fingerprint density at radius 1 is 1.00 bits per heavy atom. The molecule has 0 aliphatic carbocycles. The lowest BCUT2D eigenvalue weighted by atomic mass is 10.1. The Balaban J connectivity index is 2.36. The van der Waals surface area contributed by atoms with Crippen molar-refractivity contribution < 1.29 is 14.3 Å². The van der Waals surface area contributed by atoms with Crippen LogP contribution < -0.4 is 10.2 Å². The van der Waals surface area contributed by atoms with Gasteiger partial charge in [0, 0.05) is 0 Å². The molecule has 5 nitrogen and oxygen atoms in total. The van der Waals surface area contributed by atoms with E-state index >= 15 is 0 Å². The Labute approximate surface area is 152 Å². The van der Waals surface area contributed by atoms with Gasteiger partial charge in [-0.05, 0) is 45.0 Å². The molecule has 0 aliphatic heterocycles. The minimum atomic E-state index is -0.658. The summed E-state index contributed by atoms with van der Waals surface area (Å²) >= 11 is 6.08.